The summed E-state index contributed by atoms with van der Waals surface area (Å²) in [6.07, 6.45) is 3.95. The van der Waals surface area contributed by atoms with E-state index in [1.165, 1.54) is 0 Å². The molecule has 0 fully saturated rings. The molecule has 0 aliphatic rings. The van der Waals surface area contributed by atoms with Gasteiger partial charge in [0.2, 0.25) is 5.95 Å². The Morgan fingerprint density at radius 1 is 1.25 bits per heavy atom. The Kier molecular flexibility index (Phi) is 6.54. The molecule has 0 atom stereocenters. The molecule has 0 saturated heterocycles. The third kappa shape index (κ3) is 4.68. The number of nitrogens with zero attached hydrogens (tertiary/aromatic N) is 3. The molecule has 6 heteroatoms. The molecule has 6 nitrogen and oxygen atoms in total. The van der Waals surface area contributed by atoms with Crippen LogP contribution in [0.2, 0.25) is 0 Å². The van der Waals surface area contributed by atoms with Crippen LogP contribution in [-0.4, -0.2) is 36.1 Å². The summed E-state index contributed by atoms with van der Waals surface area (Å²) < 4.78 is 5.08. The summed E-state index contributed by atoms with van der Waals surface area (Å²) >= 11 is 0. The lowest BCUT2D eigenvalue weighted by molar-refractivity contribution is 0.0527. The van der Waals surface area contributed by atoms with Gasteiger partial charge in [-0.1, -0.05) is 25.5 Å². The predicted molar refractivity (Wildman–Crippen MR) is 95.9 cm³/mol. The quantitative estimate of drug-likeness (QED) is 0.746. The zero-order valence-electron chi connectivity index (χ0n) is 14.5. The molecule has 0 amide bonds. The zero-order valence-corrected chi connectivity index (χ0v) is 14.5. The van der Waals surface area contributed by atoms with Gasteiger partial charge in [-0.3, -0.25) is 0 Å². The minimum atomic E-state index is -0.364. The molecule has 1 heterocycles. The van der Waals surface area contributed by atoms with E-state index in [0.29, 0.717) is 23.8 Å². The second kappa shape index (κ2) is 8.86. The first-order chi connectivity index (χ1) is 11.7. The number of rotatable bonds is 8. The molecule has 0 radical (unpaired) electrons. The van der Waals surface area contributed by atoms with Gasteiger partial charge in [-0.05, 0) is 31.5 Å². The highest BCUT2D eigenvalue weighted by Crippen LogP contribution is 2.21. The van der Waals surface area contributed by atoms with Crippen molar-refractivity contribution in [1.29, 1.82) is 0 Å². The second-order valence-corrected chi connectivity index (χ2v) is 5.40. The van der Waals surface area contributed by atoms with Crippen LogP contribution in [0.5, 0.6) is 0 Å². The maximum absolute atomic E-state index is 12.0. The van der Waals surface area contributed by atoms with Gasteiger partial charge >= 0.3 is 5.97 Å². The maximum Gasteiger partial charge on any atom is 0.340 e. The van der Waals surface area contributed by atoms with Crippen molar-refractivity contribution < 1.29 is 9.53 Å². The van der Waals surface area contributed by atoms with Crippen molar-refractivity contribution >= 4 is 23.4 Å². The largest absolute Gasteiger partial charge is 0.462 e. The van der Waals surface area contributed by atoms with Crippen molar-refractivity contribution in [2.24, 2.45) is 0 Å². The first kappa shape index (κ1) is 17.7. The van der Waals surface area contributed by atoms with Crippen LogP contribution in [0, 0.1) is 0 Å². The van der Waals surface area contributed by atoms with Gasteiger partial charge in [0, 0.05) is 19.8 Å². The molecular weight excluding hydrogens is 304 g/mol. The number of carbonyl (C=O) groups excluding carboxylic acids is 1. The number of aromatic nitrogens is 2. The Balaban J connectivity index is 2.18. The Labute approximate surface area is 142 Å². The average Bonchev–Trinajstić information content (AvgIpc) is 2.60. The minimum Gasteiger partial charge on any atom is -0.462 e. The SMILES string of the molecule is CCCCN(C)c1ccnc(Nc2ccccc2C(=O)OCC)n1. The van der Waals surface area contributed by atoms with E-state index in [-0.39, 0.29) is 5.97 Å². The number of benzene rings is 1. The second-order valence-electron chi connectivity index (χ2n) is 5.40. The molecule has 24 heavy (non-hydrogen) atoms. The van der Waals surface area contributed by atoms with Gasteiger partial charge in [-0.15, -0.1) is 0 Å². The highest BCUT2D eigenvalue weighted by atomic mass is 16.5. The van der Waals surface area contributed by atoms with Crippen LogP contribution in [0.15, 0.2) is 36.5 Å². The van der Waals surface area contributed by atoms with Crippen LogP contribution in [0.4, 0.5) is 17.5 Å². The van der Waals surface area contributed by atoms with Crippen LogP contribution >= 0.6 is 0 Å². The number of hydrogen-bond acceptors (Lipinski definition) is 6. The molecule has 1 N–H and O–H groups in total. The monoisotopic (exact) mass is 328 g/mol. The first-order valence-electron chi connectivity index (χ1n) is 8.23. The molecule has 2 rings (SSSR count). The molecule has 1 aromatic carbocycles. The van der Waals surface area contributed by atoms with Crippen molar-refractivity contribution in [1.82, 2.24) is 9.97 Å². The van der Waals surface area contributed by atoms with E-state index >= 15 is 0 Å². The summed E-state index contributed by atoms with van der Waals surface area (Å²) in [6.45, 7) is 5.22. The lowest BCUT2D eigenvalue weighted by Crippen LogP contribution is -2.20. The van der Waals surface area contributed by atoms with Crippen molar-refractivity contribution in [3.63, 3.8) is 0 Å². The number of esters is 1. The van der Waals surface area contributed by atoms with Gasteiger partial charge in [-0.25, -0.2) is 9.78 Å². The minimum absolute atomic E-state index is 0.335. The van der Waals surface area contributed by atoms with Gasteiger partial charge in [0.25, 0.3) is 0 Å². The van der Waals surface area contributed by atoms with E-state index in [1.54, 1.807) is 25.3 Å². The van der Waals surface area contributed by atoms with Crippen LogP contribution in [0.1, 0.15) is 37.0 Å². The lowest BCUT2D eigenvalue weighted by atomic mass is 10.2. The number of para-hydroxylation sites is 1. The Morgan fingerprint density at radius 3 is 2.79 bits per heavy atom. The van der Waals surface area contributed by atoms with Crippen molar-refractivity contribution in [2.75, 3.05) is 30.4 Å². The first-order valence-corrected chi connectivity index (χ1v) is 8.23. The number of nitrogens with one attached hydrogen (secondary N) is 1. The Hall–Kier alpha value is -2.63. The van der Waals surface area contributed by atoms with E-state index in [9.17, 15) is 4.79 Å². The fourth-order valence-corrected chi connectivity index (χ4v) is 2.23. The summed E-state index contributed by atoms with van der Waals surface area (Å²) in [5.74, 6) is 0.930. The molecule has 1 aromatic heterocycles. The number of anilines is 3. The smallest absolute Gasteiger partial charge is 0.340 e. The van der Waals surface area contributed by atoms with Crippen molar-refractivity contribution in [3.05, 3.63) is 42.1 Å². The number of hydrogen-bond donors (Lipinski definition) is 1. The van der Waals surface area contributed by atoms with E-state index in [1.807, 2.05) is 25.2 Å². The molecular formula is C18H24N4O2. The van der Waals surface area contributed by atoms with Gasteiger partial charge in [-0.2, -0.15) is 4.98 Å². The van der Waals surface area contributed by atoms with Crippen molar-refractivity contribution in [2.45, 2.75) is 26.7 Å². The normalized spacial score (nSPS) is 10.3. The fourth-order valence-electron chi connectivity index (χ4n) is 2.23. The van der Waals surface area contributed by atoms with Crippen LogP contribution in [0.3, 0.4) is 0 Å². The summed E-state index contributed by atoms with van der Waals surface area (Å²) in [5, 5.41) is 3.11. The molecule has 2 aromatic rings. The Morgan fingerprint density at radius 2 is 2.04 bits per heavy atom. The fraction of sp³-hybridized carbons (Fsp3) is 0.389. The number of carbonyl (C=O) groups is 1. The van der Waals surface area contributed by atoms with E-state index in [0.717, 1.165) is 25.2 Å². The van der Waals surface area contributed by atoms with Crippen LogP contribution < -0.4 is 10.2 Å². The molecule has 0 aliphatic carbocycles. The third-order valence-electron chi connectivity index (χ3n) is 3.55. The van der Waals surface area contributed by atoms with Crippen molar-refractivity contribution in [3.8, 4) is 0 Å². The maximum atomic E-state index is 12.0. The summed E-state index contributed by atoms with van der Waals surface area (Å²) in [4.78, 5) is 22.9. The number of ether oxygens (including phenoxy) is 1. The summed E-state index contributed by atoms with van der Waals surface area (Å²) in [7, 11) is 2.01. The van der Waals surface area contributed by atoms with Crippen LogP contribution in [-0.2, 0) is 4.74 Å². The van der Waals surface area contributed by atoms with Gasteiger partial charge in [0.15, 0.2) is 0 Å². The van der Waals surface area contributed by atoms with E-state index in [4.69, 9.17) is 4.74 Å². The summed E-state index contributed by atoms with van der Waals surface area (Å²) in [5.41, 5.74) is 1.09. The highest BCUT2D eigenvalue weighted by molar-refractivity contribution is 5.96. The number of unbranched alkanes of at least 4 members (excludes halogenated alkanes) is 1. The van der Waals surface area contributed by atoms with Gasteiger partial charge in [0.1, 0.15) is 5.82 Å². The van der Waals surface area contributed by atoms with E-state index in [2.05, 4.69) is 27.1 Å². The molecule has 0 spiro atoms. The lowest BCUT2D eigenvalue weighted by Gasteiger charge is -2.18. The van der Waals surface area contributed by atoms with Gasteiger partial charge in [0.05, 0.1) is 17.9 Å². The summed E-state index contributed by atoms with van der Waals surface area (Å²) in [6, 6.07) is 9.05. The van der Waals surface area contributed by atoms with E-state index < -0.39 is 0 Å². The standard InChI is InChI=1S/C18H24N4O2/c1-4-6-13-22(3)16-11-12-19-18(21-16)20-15-10-8-7-9-14(15)17(23)24-5-2/h7-12H,4-6,13H2,1-3H3,(H,19,20,21). The highest BCUT2D eigenvalue weighted by Gasteiger charge is 2.13. The predicted octanol–water partition coefficient (Wildman–Crippen LogP) is 3.63. The zero-order chi connectivity index (χ0) is 17.4. The van der Waals surface area contributed by atoms with Gasteiger partial charge < -0.3 is 15.0 Å². The molecule has 0 saturated carbocycles. The topological polar surface area (TPSA) is 67.4 Å². The third-order valence-corrected chi connectivity index (χ3v) is 3.55. The molecule has 0 unspecified atom stereocenters. The Bertz CT molecular complexity index is 676. The molecule has 128 valence electrons. The molecule has 0 aliphatic heterocycles. The average molecular weight is 328 g/mol. The molecule has 0 bridgehead atoms. The van der Waals surface area contributed by atoms with Crippen LogP contribution in [0.25, 0.3) is 0 Å².